The fourth-order valence-electron chi connectivity index (χ4n) is 2.37. The van der Waals surface area contributed by atoms with Gasteiger partial charge in [-0.25, -0.2) is 0 Å². The molecule has 166 valence electrons. The average Bonchev–Trinajstić information content (AvgIpc) is 2.72. The summed E-state index contributed by atoms with van der Waals surface area (Å²) in [4.78, 5) is 33.4. The van der Waals surface area contributed by atoms with E-state index in [-0.39, 0.29) is 41.7 Å². The maximum Gasteiger partial charge on any atom is 0.416 e. The minimum Gasteiger partial charge on any atom is -0.489 e. The van der Waals surface area contributed by atoms with Gasteiger partial charge in [-0.2, -0.15) is 13.2 Å². The Kier molecular flexibility index (Phi) is 7.91. The van der Waals surface area contributed by atoms with Crippen molar-refractivity contribution in [2.75, 3.05) is 32.2 Å². The first kappa shape index (κ1) is 23.6. The highest BCUT2D eigenvalue weighted by Crippen LogP contribution is 2.35. The number of anilines is 1. The number of carbonyl (C=O) groups excluding carboxylic acids is 2. The molecule has 0 aromatic heterocycles. The zero-order chi connectivity index (χ0) is 23.0. The van der Waals surface area contributed by atoms with Gasteiger partial charge in [0.1, 0.15) is 18.1 Å². The minimum atomic E-state index is -4.64. The largest absolute Gasteiger partial charge is 0.489 e. The summed E-state index contributed by atoms with van der Waals surface area (Å²) < 4.78 is 54.3. The van der Waals surface area contributed by atoms with Gasteiger partial charge in [-0.3, -0.25) is 19.7 Å². The summed E-state index contributed by atoms with van der Waals surface area (Å²) in [6.07, 6.45) is -4.33. The number of alkyl halides is 3. The average molecular weight is 442 g/mol. The summed E-state index contributed by atoms with van der Waals surface area (Å²) in [5, 5.41) is 13.0. The van der Waals surface area contributed by atoms with Crippen molar-refractivity contribution in [3.8, 4) is 11.5 Å². The molecular formula is C19H17F3N2O7. The third kappa shape index (κ3) is 6.67. The zero-order valence-corrected chi connectivity index (χ0v) is 16.1. The molecule has 0 saturated carbocycles. The van der Waals surface area contributed by atoms with E-state index in [2.05, 4.69) is 5.32 Å². The molecule has 12 heteroatoms. The van der Waals surface area contributed by atoms with Gasteiger partial charge in [-0.1, -0.05) is 0 Å². The van der Waals surface area contributed by atoms with Crippen LogP contribution in [0.25, 0.3) is 0 Å². The number of carbonyl (C=O) groups is 2. The second-order valence-corrected chi connectivity index (χ2v) is 5.98. The van der Waals surface area contributed by atoms with Gasteiger partial charge < -0.3 is 19.5 Å². The molecule has 0 saturated heterocycles. The molecule has 1 amide bonds. The first-order valence-corrected chi connectivity index (χ1v) is 8.65. The number of benzene rings is 2. The van der Waals surface area contributed by atoms with Gasteiger partial charge in [0.15, 0.2) is 12.9 Å². The summed E-state index contributed by atoms with van der Waals surface area (Å²) in [6, 6.07) is 5.77. The number of rotatable bonds is 10. The Morgan fingerprint density at radius 1 is 1.13 bits per heavy atom. The van der Waals surface area contributed by atoms with E-state index < -0.39 is 29.2 Å². The van der Waals surface area contributed by atoms with Gasteiger partial charge in [0, 0.05) is 19.2 Å². The maximum atomic E-state index is 13.0. The summed E-state index contributed by atoms with van der Waals surface area (Å²) in [5.41, 5.74) is -1.74. The quantitative estimate of drug-likeness (QED) is 0.259. The van der Waals surface area contributed by atoms with Crippen LogP contribution >= 0.6 is 0 Å². The third-order valence-corrected chi connectivity index (χ3v) is 3.82. The lowest BCUT2D eigenvalue weighted by atomic mass is 10.1. The number of nitrogens with one attached hydrogen (secondary N) is 1. The Morgan fingerprint density at radius 2 is 1.84 bits per heavy atom. The van der Waals surface area contributed by atoms with Crippen LogP contribution in [0.15, 0.2) is 36.4 Å². The molecule has 0 spiro atoms. The van der Waals surface area contributed by atoms with E-state index in [4.69, 9.17) is 14.2 Å². The molecule has 0 aliphatic rings. The number of nitro benzene ring substituents is 1. The number of nitro groups is 1. The predicted octanol–water partition coefficient (Wildman–Crippen LogP) is 3.47. The predicted molar refractivity (Wildman–Crippen MR) is 101 cm³/mol. The van der Waals surface area contributed by atoms with Crippen LogP contribution in [0, 0.1) is 10.1 Å². The molecule has 0 unspecified atom stereocenters. The highest BCUT2D eigenvalue weighted by molar-refractivity contribution is 5.93. The van der Waals surface area contributed by atoms with Crippen LogP contribution in [-0.2, 0) is 15.7 Å². The summed E-state index contributed by atoms with van der Waals surface area (Å²) >= 11 is 0. The number of methoxy groups -OCH3 is 1. The SMILES string of the molecule is COCCOc1ccc(C(F)(F)F)cc1NC(=O)COc1ccc([N+](=O)[O-])cc1C=O. The number of nitrogens with zero attached hydrogens (tertiary/aromatic N) is 1. The van der Waals surface area contributed by atoms with Crippen LogP contribution in [0.5, 0.6) is 11.5 Å². The van der Waals surface area contributed by atoms with Gasteiger partial charge in [-0.15, -0.1) is 0 Å². The van der Waals surface area contributed by atoms with Gasteiger partial charge in [0.25, 0.3) is 11.6 Å². The smallest absolute Gasteiger partial charge is 0.416 e. The van der Waals surface area contributed by atoms with E-state index >= 15 is 0 Å². The second-order valence-electron chi connectivity index (χ2n) is 5.98. The maximum absolute atomic E-state index is 13.0. The van der Waals surface area contributed by atoms with E-state index in [1.165, 1.54) is 7.11 Å². The van der Waals surface area contributed by atoms with Crippen LogP contribution in [0.1, 0.15) is 15.9 Å². The molecule has 9 nitrogen and oxygen atoms in total. The number of amides is 1. The molecule has 2 aromatic carbocycles. The van der Waals surface area contributed by atoms with Crippen LogP contribution in [-0.4, -0.2) is 44.0 Å². The topological polar surface area (TPSA) is 117 Å². The van der Waals surface area contributed by atoms with Crippen molar-refractivity contribution in [2.45, 2.75) is 6.18 Å². The first-order chi connectivity index (χ1) is 14.7. The molecule has 0 fully saturated rings. The Balaban J connectivity index is 2.14. The lowest BCUT2D eigenvalue weighted by molar-refractivity contribution is -0.384. The molecule has 0 aliphatic heterocycles. The van der Waals surface area contributed by atoms with Crippen LogP contribution < -0.4 is 14.8 Å². The Hall–Kier alpha value is -3.67. The van der Waals surface area contributed by atoms with Crippen LogP contribution in [0.2, 0.25) is 0 Å². The van der Waals surface area contributed by atoms with Crippen molar-refractivity contribution in [1.82, 2.24) is 0 Å². The normalized spacial score (nSPS) is 11.0. The van der Waals surface area contributed by atoms with Gasteiger partial charge in [0.05, 0.1) is 28.3 Å². The number of aldehydes is 1. The number of halogens is 3. The molecule has 2 rings (SSSR count). The van der Waals surface area contributed by atoms with Crippen molar-refractivity contribution in [3.05, 3.63) is 57.6 Å². The fourth-order valence-corrected chi connectivity index (χ4v) is 2.37. The standard InChI is InChI=1S/C19H17F3N2O7/c1-29-6-7-30-17-4-2-13(19(20,21)22)9-15(17)23-18(26)11-31-16-5-3-14(24(27)28)8-12(16)10-25/h2-5,8-10H,6-7,11H2,1H3,(H,23,26). The summed E-state index contributed by atoms with van der Waals surface area (Å²) in [7, 11) is 1.42. The van der Waals surface area contributed by atoms with Crippen molar-refractivity contribution in [3.63, 3.8) is 0 Å². The molecule has 0 bridgehead atoms. The van der Waals surface area contributed by atoms with Crippen molar-refractivity contribution in [2.24, 2.45) is 0 Å². The summed E-state index contributed by atoms with van der Waals surface area (Å²) in [5.74, 6) is -0.954. The van der Waals surface area contributed by atoms with E-state index in [9.17, 15) is 32.9 Å². The highest BCUT2D eigenvalue weighted by atomic mass is 19.4. The van der Waals surface area contributed by atoms with Gasteiger partial charge >= 0.3 is 6.18 Å². The van der Waals surface area contributed by atoms with E-state index in [1.54, 1.807) is 0 Å². The Labute approximate surface area is 173 Å². The Morgan fingerprint density at radius 3 is 2.45 bits per heavy atom. The minimum absolute atomic E-state index is 0.0117. The molecular weight excluding hydrogens is 425 g/mol. The number of hydrogen-bond donors (Lipinski definition) is 1. The fraction of sp³-hybridized carbons (Fsp3) is 0.263. The Bertz CT molecular complexity index is 964. The highest BCUT2D eigenvalue weighted by Gasteiger charge is 2.31. The number of non-ortho nitro benzene ring substituents is 1. The first-order valence-electron chi connectivity index (χ1n) is 8.65. The van der Waals surface area contributed by atoms with Crippen molar-refractivity contribution >= 4 is 23.6 Å². The molecule has 0 atom stereocenters. The molecule has 2 aromatic rings. The summed E-state index contributed by atoms with van der Waals surface area (Å²) in [6.45, 7) is -0.467. The van der Waals surface area contributed by atoms with Gasteiger partial charge in [-0.05, 0) is 24.3 Å². The molecule has 0 radical (unpaired) electrons. The molecule has 0 aliphatic carbocycles. The zero-order valence-electron chi connectivity index (χ0n) is 16.1. The lowest BCUT2D eigenvalue weighted by Gasteiger charge is -2.15. The van der Waals surface area contributed by atoms with E-state index in [0.717, 1.165) is 30.3 Å². The van der Waals surface area contributed by atoms with Gasteiger partial charge in [0.2, 0.25) is 0 Å². The number of hydrogen-bond acceptors (Lipinski definition) is 7. The third-order valence-electron chi connectivity index (χ3n) is 3.82. The molecule has 0 heterocycles. The van der Waals surface area contributed by atoms with Crippen LogP contribution in [0.4, 0.5) is 24.5 Å². The van der Waals surface area contributed by atoms with Crippen molar-refractivity contribution in [1.29, 1.82) is 0 Å². The molecule has 1 N–H and O–H groups in total. The van der Waals surface area contributed by atoms with Crippen molar-refractivity contribution < 1.29 is 41.9 Å². The molecule has 31 heavy (non-hydrogen) atoms. The monoisotopic (exact) mass is 442 g/mol. The van der Waals surface area contributed by atoms with E-state index in [1.807, 2.05) is 0 Å². The number of ether oxygens (including phenoxy) is 3. The van der Waals surface area contributed by atoms with E-state index in [0.29, 0.717) is 12.4 Å². The van der Waals surface area contributed by atoms with Crippen LogP contribution in [0.3, 0.4) is 0 Å². The second kappa shape index (κ2) is 10.4. The lowest BCUT2D eigenvalue weighted by Crippen LogP contribution is -2.21.